The summed E-state index contributed by atoms with van der Waals surface area (Å²) >= 11 is 0. The average Bonchev–Trinajstić information content (AvgIpc) is 2.86. The number of nitrogens with two attached hydrogens (primary N) is 1. The maximum Gasteiger partial charge on any atom is 0.142 e. The fourth-order valence-electron chi connectivity index (χ4n) is 2.79. The Morgan fingerprint density at radius 1 is 1.37 bits per heavy atom. The van der Waals surface area contributed by atoms with E-state index in [1.807, 2.05) is 12.1 Å². The fraction of sp³-hybridized carbons (Fsp3) is 0.625. The maximum absolute atomic E-state index is 6.19. The molecule has 106 valence electrons. The first kappa shape index (κ1) is 14.2. The summed E-state index contributed by atoms with van der Waals surface area (Å²) in [5, 5.41) is 0. The van der Waals surface area contributed by atoms with Crippen molar-refractivity contribution in [2.45, 2.75) is 32.7 Å². The Kier molecular flexibility index (Phi) is 4.70. The molecular formula is C16H26N2O. The normalized spacial score (nSPS) is 20.9. The molecule has 0 aromatic heterocycles. The molecule has 0 aliphatic carbocycles. The molecule has 3 nitrogen and oxygen atoms in total. The van der Waals surface area contributed by atoms with Crippen molar-refractivity contribution in [3.05, 3.63) is 24.3 Å². The minimum absolute atomic E-state index is 0.322. The van der Waals surface area contributed by atoms with Crippen LogP contribution in [0.2, 0.25) is 0 Å². The molecule has 0 spiro atoms. The Hall–Kier alpha value is -1.22. The Morgan fingerprint density at radius 3 is 2.79 bits per heavy atom. The van der Waals surface area contributed by atoms with Crippen molar-refractivity contribution in [3.63, 3.8) is 0 Å². The molecule has 1 heterocycles. The Bertz CT molecular complexity index is 405. The largest absolute Gasteiger partial charge is 0.495 e. The molecule has 0 saturated carbocycles. The van der Waals surface area contributed by atoms with Crippen molar-refractivity contribution >= 4 is 5.69 Å². The van der Waals surface area contributed by atoms with Gasteiger partial charge in [0.25, 0.3) is 0 Å². The van der Waals surface area contributed by atoms with Gasteiger partial charge in [-0.3, -0.25) is 0 Å². The van der Waals surface area contributed by atoms with Crippen molar-refractivity contribution in [2.75, 3.05) is 25.1 Å². The summed E-state index contributed by atoms with van der Waals surface area (Å²) in [6.45, 7) is 6.62. The van der Waals surface area contributed by atoms with Crippen LogP contribution in [-0.4, -0.2) is 26.2 Å². The molecular weight excluding hydrogens is 236 g/mol. The van der Waals surface area contributed by atoms with E-state index in [9.17, 15) is 0 Å². The Morgan fingerprint density at radius 2 is 2.11 bits per heavy atom. The van der Waals surface area contributed by atoms with Gasteiger partial charge >= 0.3 is 0 Å². The minimum Gasteiger partial charge on any atom is -0.495 e. The predicted molar refractivity (Wildman–Crippen MR) is 80.7 cm³/mol. The quantitative estimate of drug-likeness (QED) is 0.886. The molecule has 19 heavy (non-hydrogen) atoms. The summed E-state index contributed by atoms with van der Waals surface area (Å²) in [6, 6.07) is 8.59. The van der Waals surface area contributed by atoms with Gasteiger partial charge in [-0.1, -0.05) is 26.0 Å². The minimum atomic E-state index is 0.322. The van der Waals surface area contributed by atoms with Crippen LogP contribution < -0.4 is 15.4 Å². The number of rotatable bonds is 5. The van der Waals surface area contributed by atoms with Gasteiger partial charge in [0.1, 0.15) is 5.75 Å². The molecule has 0 radical (unpaired) electrons. The summed E-state index contributed by atoms with van der Waals surface area (Å²) in [5.41, 5.74) is 7.41. The number of benzene rings is 1. The second-order valence-electron chi connectivity index (χ2n) is 5.92. The molecule has 2 atom stereocenters. The van der Waals surface area contributed by atoms with Crippen LogP contribution in [0.4, 0.5) is 5.69 Å². The summed E-state index contributed by atoms with van der Waals surface area (Å²) in [4.78, 5) is 2.43. The average molecular weight is 262 g/mol. The molecule has 1 aliphatic rings. The van der Waals surface area contributed by atoms with Gasteiger partial charge < -0.3 is 15.4 Å². The van der Waals surface area contributed by atoms with Gasteiger partial charge in [0, 0.05) is 19.1 Å². The van der Waals surface area contributed by atoms with Crippen molar-refractivity contribution in [2.24, 2.45) is 17.6 Å². The second kappa shape index (κ2) is 6.29. The van der Waals surface area contributed by atoms with Crippen LogP contribution in [0.3, 0.4) is 0 Å². The van der Waals surface area contributed by atoms with E-state index in [0.717, 1.165) is 25.3 Å². The highest BCUT2D eigenvalue weighted by molar-refractivity contribution is 5.58. The zero-order chi connectivity index (χ0) is 13.8. The number of methoxy groups -OCH3 is 1. The van der Waals surface area contributed by atoms with Crippen molar-refractivity contribution in [1.82, 2.24) is 0 Å². The number of hydrogen-bond donors (Lipinski definition) is 1. The Labute approximate surface area is 116 Å². The first-order valence-electron chi connectivity index (χ1n) is 7.25. The molecule has 2 rings (SSSR count). The van der Waals surface area contributed by atoms with Crippen molar-refractivity contribution in [3.8, 4) is 5.75 Å². The van der Waals surface area contributed by atoms with Gasteiger partial charge in [0.05, 0.1) is 12.8 Å². The lowest BCUT2D eigenvalue weighted by molar-refractivity contribution is 0.390. The first-order valence-corrected chi connectivity index (χ1v) is 7.25. The Balaban J connectivity index is 1.98. The molecule has 2 unspecified atom stereocenters. The van der Waals surface area contributed by atoms with Crippen LogP contribution in [0.15, 0.2) is 24.3 Å². The van der Waals surface area contributed by atoms with E-state index >= 15 is 0 Å². The topological polar surface area (TPSA) is 38.5 Å². The maximum atomic E-state index is 6.19. The van der Waals surface area contributed by atoms with Gasteiger partial charge in [-0.15, -0.1) is 0 Å². The van der Waals surface area contributed by atoms with Crippen LogP contribution in [0.25, 0.3) is 0 Å². The van der Waals surface area contributed by atoms with Gasteiger partial charge in [0.15, 0.2) is 0 Å². The van der Waals surface area contributed by atoms with Crippen LogP contribution in [-0.2, 0) is 0 Å². The monoisotopic (exact) mass is 262 g/mol. The third kappa shape index (κ3) is 3.41. The summed E-state index contributed by atoms with van der Waals surface area (Å²) in [5.74, 6) is 2.25. The molecule has 1 saturated heterocycles. The summed E-state index contributed by atoms with van der Waals surface area (Å²) < 4.78 is 5.45. The smallest absolute Gasteiger partial charge is 0.142 e. The summed E-state index contributed by atoms with van der Waals surface area (Å²) in [7, 11) is 1.74. The molecule has 1 fully saturated rings. The van der Waals surface area contributed by atoms with Gasteiger partial charge in [-0.25, -0.2) is 0 Å². The number of anilines is 1. The molecule has 1 aromatic rings. The van der Waals surface area contributed by atoms with Gasteiger partial charge in [0.2, 0.25) is 0 Å². The lowest BCUT2D eigenvalue weighted by Gasteiger charge is -2.23. The third-order valence-corrected chi connectivity index (χ3v) is 4.17. The fourth-order valence-corrected chi connectivity index (χ4v) is 2.79. The highest BCUT2D eigenvalue weighted by Crippen LogP contribution is 2.33. The zero-order valence-corrected chi connectivity index (χ0v) is 12.3. The molecule has 1 aliphatic heterocycles. The van der Waals surface area contributed by atoms with Crippen LogP contribution >= 0.6 is 0 Å². The molecule has 0 amide bonds. The van der Waals surface area contributed by atoms with E-state index in [1.54, 1.807) is 7.11 Å². The zero-order valence-electron chi connectivity index (χ0n) is 12.3. The number of para-hydroxylation sites is 2. The predicted octanol–water partition coefficient (Wildman–Crippen LogP) is 2.89. The van der Waals surface area contributed by atoms with E-state index < -0.39 is 0 Å². The van der Waals surface area contributed by atoms with Gasteiger partial charge in [-0.2, -0.15) is 0 Å². The SMILES string of the molecule is COc1ccccc1N1CCC(CC(N)C(C)C)C1. The lowest BCUT2D eigenvalue weighted by atomic mass is 9.93. The highest BCUT2D eigenvalue weighted by atomic mass is 16.5. The van der Waals surface area contributed by atoms with E-state index in [1.165, 1.54) is 12.1 Å². The number of hydrogen-bond acceptors (Lipinski definition) is 3. The highest BCUT2D eigenvalue weighted by Gasteiger charge is 2.26. The van der Waals surface area contributed by atoms with E-state index in [0.29, 0.717) is 17.9 Å². The third-order valence-electron chi connectivity index (χ3n) is 4.17. The van der Waals surface area contributed by atoms with Crippen LogP contribution in [0.5, 0.6) is 5.75 Å². The second-order valence-corrected chi connectivity index (χ2v) is 5.92. The van der Waals surface area contributed by atoms with Crippen LogP contribution in [0, 0.1) is 11.8 Å². The molecule has 0 bridgehead atoms. The number of ether oxygens (including phenoxy) is 1. The van der Waals surface area contributed by atoms with Gasteiger partial charge in [-0.05, 0) is 36.8 Å². The molecule has 1 aromatic carbocycles. The molecule has 3 heteroatoms. The summed E-state index contributed by atoms with van der Waals surface area (Å²) in [6.07, 6.45) is 2.36. The van der Waals surface area contributed by atoms with Crippen LogP contribution in [0.1, 0.15) is 26.7 Å². The standard InChI is InChI=1S/C16H26N2O/c1-12(2)14(17)10-13-8-9-18(11-13)15-6-4-5-7-16(15)19-3/h4-7,12-14H,8-11,17H2,1-3H3. The van der Waals surface area contributed by atoms with E-state index in [-0.39, 0.29) is 0 Å². The number of nitrogens with zero attached hydrogens (tertiary/aromatic N) is 1. The van der Waals surface area contributed by atoms with Crippen molar-refractivity contribution in [1.29, 1.82) is 0 Å². The first-order chi connectivity index (χ1) is 9.11. The molecule has 2 N–H and O–H groups in total. The lowest BCUT2D eigenvalue weighted by Crippen LogP contribution is -2.30. The van der Waals surface area contributed by atoms with E-state index in [2.05, 4.69) is 30.9 Å². The van der Waals surface area contributed by atoms with E-state index in [4.69, 9.17) is 10.5 Å². The van der Waals surface area contributed by atoms with Crippen molar-refractivity contribution < 1.29 is 4.74 Å².